The van der Waals surface area contributed by atoms with Gasteiger partial charge in [-0.3, -0.25) is 0 Å². The van der Waals surface area contributed by atoms with E-state index < -0.39 is 0 Å². The zero-order valence-corrected chi connectivity index (χ0v) is 81.1. The van der Waals surface area contributed by atoms with Crippen molar-refractivity contribution in [2.24, 2.45) is 0 Å². The van der Waals surface area contributed by atoms with Gasteiger partial charge in [-0.05, 0) is 408 Å². The van der Waals surface area contributed by atoms with Crippen LogP contribution in [0.4, 0.5) is 0 Å². The molecule has 0 heterocycles. The maximum atomic E-state index is 2.41. The molecule has 0 saturated carbocycles. The third-order valence-corrected chi connectivity index (χ3v) is 31.5. The van der Waals surface area contributed by atoms with Crippen molar-refractivity contribution in [3.63, 3.8) is 0 Å². The lowest BCUT2D eigenvalue weighted by Gasteiger charge is -2.16. The molecule has 0 aromatic heterocycles. The van der Waals surface area contributed by atoms with Crippen molar-refractivity contribution in [1.82, 2.24) is 0 Å². The minimum Gasteiger partial charge on any atom is -0.0616 e. The maximum absolute atomic E-state index is 2.41. The van der Waals surface area contributed by atoms with Gasteiger partial charge in [0.2, 0.25) is 0 Å². The van der Waals surface area contributed by atoms with E-state index in [2.05, 4.69) is 558 Å². The summed E-state index contributed by atoms with van der Waals surface area (Å²) in [5.74, 6) is 0. The highest BCUT2D eigenvalue weighted by molar-refractivity contribution is 6.28. The summed E-state index contributed by atoms with van der Waals surface area (Å²) in [5.41, 5.74) is 22.5. The minimum atomic E-state index is 1.23. The second-order valence-corrected chi connectivity index (χ2v) is 39.9. The molecule has 0 atom stereocenters. The van der Waals surface area contributed by atoms with Crippen molar-refractivity contribution >= 4 is 205 Å². The molecule has 0 unspecified atom stereocenters. The van der Waals surface area contributed by atoms with Crippen LogP contribution in [0.1, 0.15) is 0 Å². The van der Waals surface area contributed by atoms with Crippen LogP contribution in [0, 0.1) is 0 Å². The summed E-state index contributed by atoms with van der Waals surface area (Å²) < 4.78 is 0. The third kappa shape index (κ3) is 14.8. The van der Waals surface area contributed by atoms with Gasteiger partial charge in [-0.15, -0.1) is 0 Å². The summed E-state index contributed by atoms with van der Waals surface area (Å²) in [6.45, 7) is 0. The van der Waals surface area contributed by atoms with Crippen molar-refractivity contribution in [2.45, 2.75) is 0 Å². The van der Waals surface area contributed by atoms with Gasteiger partial charge in [0.05, 0.1) is 0 Å². The monoisotopic (exact) mass is 1870 g/mol. The van der Waals surface area contributed by atoms with E-state index in [0.29, 0.717) is 0 Å². The summed E-state index contributed by atoms with van der Waals surface area (Å²) in [5, 5.41) is 48.5. The van der Waals surface area contributed by atoms with Gasteiger partial charge in [0.25, 0.3) is 0 Å². The fourth-order valence-corrected chi connectivity index (χ4v) is 24.4. The summed E-state index contributed by atoms with van der Waals surface area (Å²) in [6.07, 6.45) is 0. The zero-order valence-electron chi connectivity index (χ0n) is 81.1. The van der Waals surface area contributed by atoms with Gasteiger partial charge in [-0.1, -0.05) is 455 Å². The molecule has 0 spiro atoms. The first-order valence-electron chi connectivity index (χ1n) is 51.4. The largest absolute Gasteiger partial charge is 0.0616 e. The highest BCUT2D eigenvalue weighted by Crippen LogP contribution is 2.49. The number of hydrogen-bond donors (Lipinski definition) is 0. The van der Waals surface area contributed by atoms with Crippen LogP contribution in [0.3, 0.4) is 0 Å². The van der Waals surface area contributed by atoms with Crippen LogP contribution in [-0.2, 0) is 0 Å². The normalized spacial score (nSPS) is 11.8. The molecule has 31 rings (SSSR count). The van der Waals surface area contributed by atoms with E-state index in [1.807, 2.05) is 0 Å². The van der Waals surface area contributed by atoms with Gasteiger partial charge < -0.3 is 0 Å². The van der Waals surface area contributed by atoms with Crippen LogP contribution in [0.5, 0.6) is 0 Å². The quantitative estimate of drug-likeness (QED) is 0.126. The molecule has 0 aliphatic carbocycles. The Hall–Kier alpha value is -19.2. The average Bonchev–Trinajstić information content (AvgIpc) is 0.738. The molecule has 0 aliphatic rings. The lowest BCUT2D eigenvalue weighted by Crippen LogP contribution is -1.89. The third-order valence-electron chi connectivity index (χ3n) is 31.5. The predicted octanol–water partition coefficient (Wildman–Crippen LogP) is 42.0. The molecule has 0 amide bonds. The molecule has 31 aromatic carbocycles. The van der Waals surface area contributed by atoms with Crippen LogP contribution in [0.25, 0.3) is 305 Å². The van der Waals surface area contributed by atoms with Crippen molar-refractivity contribution < 1.29 is 0 Å². The van der Waals surface area contributed by atoms with Crippen molar-refractivity contribution in [1.29, 1.82) is 0 Å². The van der Waals surface area contributed by atoms with E-state index in [-0.39, 0.29) is 0 Å². The molecule has 0 saturated heterocycles. The average molecular weight is 1870 g/mol. The van der Waals surface area contributed by atoms with E-state index in [1.165, 1.54) is 305 Å². The van der Waals surface area contributed by atoms with Crippen molar-refractivity contribution in [3.05, 3.63) is 558 Å². The van der Waals surface area contributed by atoms with Gasteiger partial charge in [-0.2, -0.15) is 0 Å². The number of rotatable bonds is 9. The molecule has 0 nitrogen and oxygen atoms in total. The lowest BCUT2D eigenvalue weighted by atomic mass is 9.87. The van der Waals surface area contributed by atoms with E-state index in [1.54, 1.807) is 0 Å². The van der Waals surface area contributed by atoms with E-state index in [9.17, 15) is 0 Å². The predicted molar refractivity (Wildman–Crippen MR) is 641 cm³/mol. The Labute approximate surface area is 856 Å². The first kappa shape index (κ1) is 85.5. The number of fused-ring (bicyclic) bond motifs is 26. The Bertz CT molecular complexity index is 11000. The highest BCUT2D eigenvalue weighted by Gasteiger charge is 2.22. The Morgan fingerprint density at radius 1 is 0.0676 bits per heavy atom. The summed E-state index contributed by atoms with van der Waals surface area (Å²) in [7, 11) is 0. The van der Waals surface area contributed by atoms with Gasteiger partial charge in [0, 0.05) is 0 Å². The molecule has 0 fully saturated rings. The number of hydrogen-bond acceptors (Lipinski definition) is 0. The van der Waals surface area contributed by atoms with Gasteiger partial charge in [0.15, 0.2) is 0 Å². The second kappa shape index (κ2) is 35.4. The van der Waals surface area contributed by atoms with Gasteiger partial charge in [-0.25, -0.2) is 0 Å². The molecular weight excluding hydrogens is 1780 g/mol. The van der Waals surface area contributed by atoms with Crippen LogP contribution in [-0.4, -0.2) is 0 Å². The lowest BCUT2D eigenvalue weighted by molar-refractivity contribution is 1.65. The van der Waals surface area contributed by atoms with Crippen molar-refractivity contribution in [2.75, 3.05) is 0 Å². The smallest absolute Gasteiger partial charge is 0.00264 e. The Morgan fingerprint density at radius 3 is 0.601 bits per heavy atom. The first-order valence-corrected chi connectivity index (χ1v) is 51.4. The molecule has 31 aromatic rings. The molecule has 0 radical (unpaired) electrons. The molecule has 684 valence electrons. The van der Waals surface area contributed by atoms with Crippen LogP contribution >= 0.6 is 0 Å². The summed E-state index contributed by atoms with van der Waals surface area (Å²) in [4.78, 5) is 0. The summed E-state index contributed by atoms with van der Waals surface area (Å²) in [6, 6.07) is 206. The Balaban J connectivity index is 0.000000105. The van der Waals surface area contributed by atoms with Gasteiger partial charge >= 0.3 is 0 Å². The molecule has 0 aliphatic heterocycles. The minimum absolute atomic E-state index is 1.23. The Kier molecular flexibility index (Phi) is 20.5. The zero-order chi connectivity index (χ0) is 97.4. The molecular formula is C148H92. The standard InChI is InChI=1S/C52H32.2C48H30/c1-6-16-44-33(11-1)21-26-40-31-51(47-19-9-10-20-48(47)52(40)44)41-29-36-12-2-5-15-43(36)49(32-41)38-24-22-35-28-39(25-23-34(35)27-38)50-30-37-13-3-4-14-42(37)45-17-7-8-18-46(45)50;1-4-14-40-31(10-1)13-9-19-41(40)36-23-21-34-27-37(24-22-33(34)26-36)46-30-39(28-35-12-3-5-15-42(35)46)47-29-38-25-20-32-11-2-6-16-43(32)48(38)45-18-8-7-17-44(45)47;1-2-11-33-25-34(19-17-31(33)9-1)35-20-21-37-27-39(23-22-36(37)26-35)46-30-41(28-38-12-4-5-13-42(38)46)47-29-40-24-18-32-10-3-6-14-43(32)48(40)45-16-8-7-15-44(45)47/h1-32H;2*1-30H. The van der Waals surface area contributed by atoms with E-state index in [0.717, 1.165) is 0 Å². The fraction of sp³-hybridized carbons (Fsp3) is 0. The second-order valence-electron chi connectivity index (χ2n) is 39.9. The van der Waals surface area contributed by atoms with Crippen LogP contribution in [0.2, 0.25) is 0 Å². The topological polar surface area (TPSA) is 0 Å². The van der Waals surface area contributed by atoms with Gasteiger partial charge in [0.1, 0.15) is 0 Å². The molecule has 148 heavy (non-hydrogen) atoms. The maximum Gasteiger partial charge on any atom is -0.00264 e. The summed E-state index contributed by atoms with van der Waals surface area (Å²) >= 11 is 0. The molecule has 0 heteroatoms. The fourth-order valence-electron chi connectivity index (χ4n) is 24.4. The van der Waals surface area contributed by atoms with Crippen molar-refractivity contribution in [3.8, 4) is 100 Å². The Morgan fingerprint density at radius 2 is 0.250 bits per heavy atom. The first-order chi connectivity index (χ1) is 73.3. The van der Waals surface area contributed by atoms with E-state index >= 15 is 0 Å². The van der Waals surface area contributed by atoms with Crippen LogP contribution < -0.4 is 0 Å². The highest BCUT2D eigenvalue weighted by atomic mass is 14.3. The SMILES string of the molecule is c1ccc2c(-c3ccc4cc(-c5cc(-c6cc7ccc8ccccc8c7c7ccccc67)cc6ccccc56)ccc4c3)cccc2c1.c1ccc2c(-c3ccc4cc(-c5cc6ccccc6c6ccccc56)ccc4c3)cc(-c3cc4ccc5ccccc5c4c4ccccc34)cc2c1.c1ccc2cc(-c3ccc4cc(-c5cc(-c6cc7ccc8ccccc8c7c7ccccc67)cc6ccccc56)ccc4c3)ccc2c1. The van der Waals surface area contributed by atoms with Crippen LogP contribution in [0.15, 0.2) is 558 Å². The number of benzene rings is 31. The van der Waals surface area contributed by atoms with E-state index in [4.69, 9.17) is 0 Å². The molecule has 0 bridgehead atoms. The molecule has 0 N–H and O–H groups in total.